The molecule has 6 heteroatoms. The Bertz CT molecular complexity index is 781. The lowest BCUT2D eigenvalue weighted by Crippen LogP contribution is -2.43. The fraction of sp³-hybridized carbons (Fsp3) is 0.350. The summed E-state index contributed by atoms with van der Waals surface area (Å²) in [5.41, 5.74) is 0.738. The Labute approximate surface area is 151 Å². The lowest BCUT2D eigenvalue weighted by atomic mass is 10.1. The average Bonchev–Trinajstić information content (AvgIpc) is 2.68. The van der Waals surface area contributed by atoms with Crippen molar-refractivity contribution in [2.45, 2.75) is 25.6 Å². The second-order valence-electron chi connectivity index (χ2n) is 6.29. The number of methoxy groups -OCH3 is 1. The molecule has 1 atom stereocenters. The van der Waals surface area contributed by atoms with Gasteiger partial charge in [-0.3, -0.25) is 4.79 Å². The van der Waals surface area contributed by atoms with Crippen LogP contribution in [0.15, 0.2) is 42.5 Å². The molecule has 1 aliphatic heterocycles. The van der Waals surface area contributed by atoms with Crippen LogP contribution in [-0.4, -0.2) is 37.1 Å². The number of nitrogens with zero attached hydrogens (tertiary/aromatic N) is 1. The summed E-state index contributed by atoms with van der Waals surface area (Å²) in [5.74, 6) is -0.452. The predicted octanol–water partition coefficient (Wildman–Crippen LogP) is 3.79. The van der Waals surface area contributed by atoms with Gasteiger partial charge in [-0.05, 0) is 49.2 Å². The van der Waals surface area contributed by atoms with E-state index in [1.165, 1.54) is 0 Å². The molecule has 0 N–H and O–H groups in total. The molecular formula is C20H21F2NO3. The molecule has 2 aromatic rings. The van der Waals surface area contributed by atoms with Gasteiger partial charge in [-0.25, -0.2) is 8.78 Å². The van der Waals surface area contributed by atoms with Crippen LogP contribution in [0, 0.1) is 11.6 Å². The van der Waals surface area contributed by atoms with E-state index in [-0.39, 0.29) is 24.2 Å². The molecule has 0 radical (unpaired) electrons. The van der Waals surface area contributed by atoms with Crippen LogP contribution in [0.25, 0.3) is 0 Å². The molecule has 1 saturated heterocycles. The van der Waals surface area contributed by atoms with Crippen molar-refractivity contribution in [2.75, 3.05) is 20.2 Å². The summed E-state index contributed by atoms with van der Waals surface area (Å²) >= 11 is 0. The maximum absolute atomic E-state index is 13.7. The van der Waals surface area contributed by atoms with Gasteiger partial charge in [0.15, 0.2) is 0 Å². The van der Waals surface area contributed by atoms with E-state index in [4.69, 9.17) is 9.47 Å². The van der Waals surface area contributed by atoms with Crippen molar-refractivity contribution in [3.63, 3.8) is 0 Å². The third kappa shape index (κ3) is 4.38. The first-order valence-corrected chi connectivity index (χ1v) is 8.55. The number of rotatable bonds is 5. The van der Waals surface area contributed by atoms with Crippen LogP contribution in [0.2, 0.25) is 0 Å². The Morgan fingerprint density at radius 3 is 2.88 bits per heavy atom. The molecule has 0 saturated carbocycles. The van der Waals surface area contributed by atoms with Crippen LogP contribution in [-0.2, 0) is 11.3 Å². The summed E-state index contributed by atoms with van der Waals surface area (Å²) in [6.45, 7) is 1.05. The van der Waals surface area contributed by atoms with Crippen molar-refractivity contribution >= 4 is 5.91 Å². The van der Waals surface area contributed by atoms with Crippen LogP contribution >= 0.6 is 0 Å². The number of hydrogen-bond donors (Lipinski definition) is 0. The maximum Gasteiger partial charge on any atom is 0.254 e. The number of carbonyl (C=O) groups excluding carboxylic acids is 1. The monoisotopic (exact) mass is 361 g/mol. The lowest BCUT2D eigenvalue weighted by molar-refractivity contribution is -0.00770. The third-order valence-corrected chi connectivity index (χ3v) is 4.46. The number of likely N-dealkylation sites (tertiary alicyclic amines) is 1. The van der Waals surface area contributed by atoms with Gasteiger partial charge in [0, 0.05) is 24.2 Å². The Morgan fingerprint density at radius 1 is 1.23 bits per heavy atom. The summed E-state index contributed by atoms with van der Waals surface area (Å²) in [4.78, 5) is 14.4. The topological polar surface area (TPSA) is 38.8 Å². The fourth-order valence-corrected chi connectivity index (χ4v) is 3.06. The number of amides is 1. The van der Waals surface area contributed by atoms with Crippen molar-refractivity contribution in [3.05, 3.63) is 65.2 Å². The van der Waals surface area contributed by atoms with Gasteiger partial charge in [0.05, 0.1) is 19.8 Å². The van der Waals surface area contributed by atoms with Gasteiger partial charge in [-0.1, -0.05) is 6.07 Å². The normalized spacial score (nSPS) is 17.2. The minimum Gasteiger partial charge on any atom is -0.497 e. The quantitative estimate of drug-likeness (QED) is 0.813. The van der Waals surface area contributed by atoms with E-state index >= 15 is 0 Å². The van der Waals surface area contributed by atoms with E-state index in [9.17, 15) is 13.6 Å². The molecule has 1 aliphatic rings. The van der Waals surface area contributed by atoms with Crippen LogP contribution < -0.4 is 4.74 Å². The van der Waals surface area contributed by atoms with Gasteiger partial charge in [-0.2, -0.15) is 0 Å². The molecule has 0 aromatic heterocycles. The van der Waals surface area contributed by atoms with Crippen molar-refractivity contribution in [2.24, 2.45) is 0 Å². The Hall–Kier alpha value is -2.47. The van der Waals surface area contributed by atoms with Crippen molar-refractivity contribution in [1.29, 1.82) is 0 Å². The van der Waals surface area contributed by atoms with Gasteiger partial charge in [0.2, 0.25) is 0 Å². The zero-order valence-electron chi connectivity index (χ0n) is 14.6. The zero-order valence-corrected chi connectivity index (χ0v) is 14.6. The van der Waals surface area contributed by atoms with E-state index in [1.807, 2.05) is 0 Å². The second kappa shape index (κ2) is 8.27. The summed E-state index contributed by atoms with van der Waals surface area (Å²) < 4.78 is 37.8. The molecule has 1 heterocycles. The first kappa shape index (κ1) is 18.3. The van der Waals surface area contributed by atoms with Crippen molar-refractivity contribution in [3.8, 4) is 5.75 Å². The number of benzene rings is 2. The average molecular weight is 361 g/mol. The number of ether oxygens (including phenoxy) is 2. The van der Waals surface area contributed by atoms with E-state index < -0.39 is 11.6 Å². The molecule has 26 heavy (non-hydrogen) atoms. The molecule has 3 rings (SSSR count). The van der Waals surface area contributed by atoms with Gasteiger partial charge in [0.25, 0.3) is 5.91 Å². The number of halogens is 2. The summed E-state index contributed by atoms with van der Waals surface area (Å²) in [5, 5.41) is 0. The van der Waals surface area contributed by atoms with E-state index in [0.717, 1.165) is 31.0 Å². The smallest absolute Gasteiger partial charge is 0.254 e. The van der Waals surface area contributed by atoms with Gasteiger partial charge >= 0.3 is 0 Å². The highest BCUT2D eigenvalue weighted by Gasteiger charge is 2.25. The maximum atomic E-state index is 13.7. The number of piperidine rings is 1. The van der Waals surface area contributed by atoms with Crippen molar-refractivity contribution in [1.82, 2.24) is 4.90 Å². The number of carbonyl (C=O) groups is 1. The largest absolute Gasteiger partial charge is 0.497 e. The third-order valence-electron chi connectivity index (χ3n) is 4.46. The summed E-state index contributed by atoms with van der Waals surface area (Å²) in [6, 6.07) is 10.3. The van der Waals surface area contributed by atoms with E-state index in [2.05, 4.69) is 0 Å². The molecule has 1 fully saturated rings. The molecule has 0 bridgehead atoms. The standard InChI is InChI=1S/C20H21F2NO3/c1-25-17-5-2-4-14(11-17)20(24)23-9-3-6-18(12-23)26-13-15-10-16(21)7-8-19(15)22/h2,4-5,7-8,10-11,18H,3,6,9,12-13H2,1H3/t18-/m1/s1. The first-order valence-electron chi connectivity index (χ1n) is 8.55. The predicted molar refractivity (Wildman–Crippen MR) is 93.1 cm³/mol. The van der Waals surface area contributed by atoms with Crippen LogP contribution in [0.1, 0.15) is 28.8 Å². The van der Waals surface area contributed by atoms with Gasteiger partial charge in [0.1, 0.15) is 17.4 Å². The zero-order chi connectivity index (χ0) is 18.5. The van der Waals surface area contributed by atoms with Crippen LogP contribution in [0.4, 0.5) is 8.78 Å². The summed E-state index contributed by atoms with van der Waals surface area (Å²) in [6.07, 6.45) is 1.37. The first-order chi connectivity index (χ1) is 12.6. The molecule has 1 amide bonds. The Morgan fingerprint density at radius 2 is 2.08 bits per heavy atom. The molecule has 0 spiro atoms. The number of hydrogen-bond acceptors (Lipinski definition) is 3. The van der Waals surface area contributed by atoms with Gasteiger partial charge in [-0.15, -0.1) is 0 Å². The SMILES string of the molecule is COc1cccc(C(=O)N2CCC[C@@H](OCc3cc(F)ccc3F)C2)c1. The highest BCUT2D eigenvalue weighted by Crippen LogP contribution is 2.20. The van der Waals surface area contributed by atoms with Crippen LogP contribution in [0.5, 0.6) is 5.75 Å². The highest BCUT2D eigenvalue weighted by molar-refractivity contribution is 5.94. The highest BCUT2D eigenvalue weighted by atomic mass is 19.1. The second-order valence-corrected chi connectivity index (χ2v) is 6.29. The molecule has 138 valence electrons. The molecular weight excluding hydrogens is 340 g/mol. The minimum absolute atomic E-state index is 0.0184. The van der Waals surface area contributed by atoms with Crippen molar-refractivity contribution < 1.29 is 23.0 Å². The van der Waals surface area contributed by atoms with Gasteiger partial charge < -0.3 is 14.4 Å². The fourth-order valence-electron chi connectivity index (χ4n) is 3.06. The lowest BCUT2D eigenvalue weighted by Gasteiger charge is -2.32. The minimum atomic E-state index is -0.497. The molecule has 0 unspecified atom stereocenters. The van der Waals surface area contributed by atoms with E-state index in [0.29, 0.717) is 24.4 Å². The Kier molecular flexibility index (Phi) is 5.83. The summed E-state index contributed by atoms with van der Waals surface area (Å²) in [7, 11) is 1.56. The molecule has 4 nitrogen and oxygen atoms in total. The molecule has 2 aromatic carbocycles. The van der Waals surface area contributed by atoms with E-state index in [1.54, 1.807) is 36.3 Å². The molecule has 0 aliphatic carbocycles. The van der Waals surface area contributed by atoms with Crippen LogP contribution in [0.3, 0.4) is 0 Å². The Balaban J connectivity index is 1.61.